The summed E-state index contributed by atoms with van der Waals surface area (Å²) in [6, 6.07) is 5.81. The Kier molecular flexibility index (Phi) is 5.39. The van der Waals surface area contributed by atoms with Crippen LogP contribution >= 0.6 is 24.0 Å². The first-order chi connectivity index (χ1) is 10.1. The molecule has 2 rings (SSSR count). The Hall–Kier alpha value is -1.37. The van der Waals surface area contributed by atoms with E-state index in [4.69, 9.17) is 21.7 Å². The van der Waals surface area contributed by atoms with Crippen LogP contribution in [0.5, 0.6) is 5.75 Å². The van der Waals surface area contributed by atoms with Gasteiger partial charge in [0.2, 0.25) is 0 Å². The molecule has 1 amide bonds. The number of aryl methyl sites for hydroxylation is 1. The normalized spacial score (nSPS) is 16.9. The topological polar surface area (TPSA) is 38.8 Å². The van der Waals surface area contributed by atoms with Crippen LogP contribution in [0.2, 0.25) is 0 Å². The molecule has 0 aromatic heterocycles. The molecule has 0 bridgehead atoms. The lowest BCUT2D eigenvalue weighted by Crippen LogP contribution is -2.31. The van der Waals surface area contributed by atoms with Crippen LogP contribution in [-0.2, 0) is 9.53 Å². The van der Waals surface area contributed by atoms with E-state index in [1.54, 1.807) is 19.1 Å². The van der Waals surface area contributed by atoms with Crippen molar-refractivity contribution in [1.82, 2.24) is 4.90 Å². The number of carbonyl (C=O) groups is 1. The molecule has 0 aliphatic carbocycles. The van der Waals surface area contributed by atoms with Crippen molar-refractivity contribution in [3.05, 3.63) is 34.2 Å². The molecule has 6 heteroatoms. The highest BCUT2D eigenvalue weighted by molar-refractivity contribution is 8.26. The van der Waals surface area contributed by atoms with Gasteiger partial charge in [0, 0.05) is 7.11 Å². The highest BCUT2D eigenvalue weighted by atomic mass is 32.2. The number of amides is 1. The van der Waals surface area contributed by atoms with Crippen molar-refractivity contribution in [3.63, 3.8) is 0 Å². The molecule has 1 aromatic rings. The predicted octanol–water partition coefficient (Wildman–Crippen LogP) is 2.85. The molecule has 0 unspecified atom stereocenters. The van der Waals surface area contributed by atoms with E-state index in [1.807, 2.05) is 31.2 Å². The summed E-state index contributed by atoms with van der Waals surface area (Å²) in [6.45, 7) is 2.93. The summed E-state index contributed by atoms with van der Waals surface area (Å²) >= 11 is 6.57. The monoisotopic (exact) mass is 323 g/mol. The summed E-state index contributed by atoms with van der Waals surface area (Å²) in [4.78, 5) is 14.5. The third-order valence-electron chi connectivity index (χ3n) is 3.11. The van der Waals surface area contributed by atoms with Gasteiger partial charge in [0.15, 0.2) is 0 Å². The maximum atomic E-state index is 12.3. The molecule has 1 heterocycles. The summed E-state index contributed by atoms with van der Waals surface area (Å²) in [7, 11) is 3.25. The number of thioether (sulfide) groups is 1. The maximum Gasteiger partial charge on any atom is 0.266 e. The third kappa shape index (κ3) is 3.64. The molecule has 0 spiro atoms. The van der Waals surface area contributed by atoms with E-state index in [2.05, 4.69) is 0 Å². The maximum absolute atomic E-state index is 12.3. The molecule has 0 N–H and O–H groups in total. The second-order valence-corrected chi connectivity index (χ2v) is 6.23. The Morgan fingerprint density at radius 1 is 1.38 bits per heavy atom. The number of rotatable bonds is 5. The average Bonchev–Trinajstić information content (AvgIpc) is 2.72. The van der Waals surface area contributed by atoms with Crippen LogP contribution in [0.3, 0.4) is 0 Å². The van der Waals surface area contributed by atoms with E-state index >= 15 is 0 Å². The summed E-state index contributed by atoms with van der Waals surface area (Å²) in [5.41, 5.74) is 1.99. The molecule has 0 saturated carbocycles. The minimum atomic E-state index is -0.0597. The smallest absolute Gasteiger partial charge is 0.266 e. The van der Waals surface area contributed by atoms with Crippen LogP contribution in [-0.4, -0.2) is 42.5 Å². The van der Waals surface area contributed by atoms with Crippen molar-refractivity contribution < 1.29 is 14.3 Å². The van der Waals surface area contributed by atoms with Gasteiger partial charge in [-0.15, -0.1) is 0 Å². The van der Waals surface area contributed by atoms with Gasteiger partial charge in [0.25, 0.3) is 5.91 Å². The minimum absolute atomic E-state index is 0.0597. The Morgan fingerprint density at radius 2 is 2.14 bits per heavy atom. The lowest BCUT2D eigenvalue weighted by molar-refractivity contribution is -0.122. The highest BCUT2D eigenvalue weighted by Crippen LogP contribution is 2.32. The van der Waals surface area contributed by atoms with E-state index in [0.29, 0.717) is 22.4 Å². The fraction of sp³-hybridized carbons (Fsp3) is 0.333. The Bertz CT molecular complexity index is 599. The van der Waals surface area contributed by atoms with Crippen LogP contribution in [0.4, 0.5) is 0 Å². The van der Waals surface area contributed by atoms with Gasteiger partial charge in [-0.3, -0.25) is 9.69 Å². The Balaban J connectivity index is 2.20. The fourth-order valence-electron chi connectivity index (χ4n) is 2.02. The van der Waals surface area contributed by atoms with Crippen molar-refractivity contribution in [2.75, 3.05) is 27.4 Å². The lowest BCUT2D eigenvalue weighted by Gasteiger charge is -2.12. The first-order valence-electron chi connectivity index (χ1n) is 6.45. The zero-order valence-electron chi connectivity index (χ0n) is 12.2. The van der Waals surface area contributed by atoms with Gasteiger partial charge in [0.1, 0.15) is 10.1 Å². The van der Waals surface area contributed by atoms with Gasteiger partial charge >= 0.3 is 0 Å². The number of ether oxygens (including phenoxy) is 2. The predicted molar refractivity (Wildman–Crippen MR) is 89.5 cm³/mol. The zero-order valence-corrected chi connectivity index (χ0v) is 13.8. The molecule has 1 fully saturated rings. The highest BCUT2D eigenvalue weighted by Gasteiger charge is 2.31. The minimum Gasteiger partial charge on any atom is -0.496 e. The quantitative estimate of drug-likeness (QED) is 0.615. The van der Waals surface area contributed by atoms with Crippen LogP contribution in [0.1, 0.15) is 11.1 Å². The van der Waals surface area contributed by atoms with Crippen LogP contribution in [0.15, 0.2) is 23.1 Å². The fourth-order valence-corrected chi connectivity index (χ4v) is 3.33. The van der Waals surface area contributed by atoms with Gasteiger partial charge in [0.05, 0.1) is 25.2 Å². The lowest BCUT2D eigenvalue weighted by atomic mass is 10.1. The molecule has 4 nitrogen and oxygen atoms in total. The van der Waals surface area contributed by atoms with Crippen molar-refractivity contribution in [3.8, 4) is 5.75 Å². The van der Waals surface area contributed by atoms with E-state index in [-0.39, 0.29) is 5.91 Å². The number of hydrogen-bond acceptors (Lipinski definition) is 5. The molecule has 1 aromatic carbocycles. The molecule has 21 heavy (non-hydrogen) atoms. The molecular formula is C15H17NO3S2. The van der Waals surface area contributed by atoms with E-state index in [9.17, 15) is 4.79 Å². The molecule has 112 valence electrons. The molecule has 1 aliphatic rings. The summed E-state index contributed by atoms with van der Waals surface area (Å²) < 4.78 is 10.8. The SMILES string of the molecule is COCCN1C(=O)/C(=C/c2ccc(OC)c(C)c2)SC1=S. The molecule has 1 saturated heterocycles. The first kappa shape index (κ1) is 16.0. The van der Waals surface area contributed by atoms with E-state index in [0.717, 1.165) is 16.9 Å². The third-order valence-corrected chi connectivity index (χ3v) is 4.49. The van der Waals surface area contributed by atoms with Gasteiger partial charge < -0.3 is 9.47 Å². The number of thiocarbonyl (C=S) groups is 1. The number of nitrogens with zero attached hydrogens (tertiary/aromatic N) is 1. The average molecular weight is 323 g/mol. The summed E-state index contributed by atoms with van der Waals surface area (Å²) in [5, 5.41) is 0. The first-order valence-corrected chi connectivity index (χ1v) is 7.68. The van der Waals surface area contributed by atoms with Crippen LogP contribution in [0, 0.1) is 6.92 Å². The molecule has 0 radical (unpaired) electrons. The van der Waals surface area contributed by atoms with Gasteiger partial charge in [-0.1, -0.05) is 30.0 Å². The van der Waals surface area contributed by atoms with Gasteiger partial charge in [-0.2, -0.15) is 0 Å². The van der Waals surface area contributed by atoms with Crippen molar-refractivity contribution in [1.29, 1.82) is 0 Å². The van der Waals surface area contributed by atoms with Crippen LogP contribution in [0.25, 0.3) is 6.08 Å². The van der Waals surface area contributed by atoms with E-state index in [1.165, 1.54) is 11.8 Å². The largest absolute Gasteiger partial charge is 0.496 e. The number of carbonyl (C=O) groups excluding carboxylic acids is 1. The van der Waals surface area contributed by atoms with Gasteiger partial charge in [-0.25, -0.2) is 0 Å². The Labute approximate surface area is 134 Å². The number of methoxy groups -OCH3 is 2. The Morgan fingerprint density at radius 3 is 2.76 bits per heavy atom. The van der Waals surface area contributed by atoms with Crippen molar-refractivity contribution in [2.45, 2.75) is 6.92 Å². The molecular weight excluding hydrogens is 306 g/mol. The summed E-state index contributed by atoms with van der Waals surface area (Å²) in [6.07, 6.45) is 1.86. The zero-order chi connectivity index (χ0) is 15.4. The molecule has 1 aliphatic heterocycles. The van der Waals surface area contributed by atoms with Gasteiger partial charge in [-0.05, 0) is 36.3 Å². The van der Waals surface area contributed by atoms with Crippen molar-refractivity contribution >= 4 is 40.3 Å². The standard InChI is InChI=1S/C15H17NO3S2/c1-10-8-11(4-5-12(10)19-3)9-13-14(17)16(6-7-18-2)15(20)21-13/h4-5,8-9H,6-7H2,1-3H3/b13-9-. The van der Waals surface area contributed by atoms with E-state index < -0.39 is 0 Å². The number of benzene rings is 1. The molecule has 0 atom stereocenters. The summed E-state index contributed by atoms with van der Waals surface area (Å²) in [5.74, 6) is 0.773. The second-order valence-electron chi connectivity index (χ2n) is 4.56. The van der Waals surface area contributed by atoms with Crippen molar-refractivity contribution in [2.24, 2.45) is 0 Å². The number of hydrogen-bond donors (Lipinski definition) is 0. The van der Waals surface area contributed by atoms with Crippen LogP contribution < -0.4 is 4.74 Å². The second kappa shape index (κ2) is 7.06.